The number of likely N-dealkylation sites (tertiary alicyclic amines) is 1. The van der Waals surface area contributed by atoms with Crippen LogP contribution in [0.2, 0.25) is 0 Å². The van der Waals surface area contributed by atoms with Gasteiger partial charge in [-0.05, 0) is 56.6 Å². The maximum Gasteiger partial charge on any atom is 0.317 e. The maximum atomic E-state index is 14.3. The summed E-state index contributed by atoms with van der Waals surface area (Å²) in [7, 11) is 0. The number of carboxylic acids is 1. The summed E-state index contributed by atoms with van der Waals surface area (Å²) in [5.41, 5.74) is 1.91. The van der Waals surface area contributed by atoms with Gasteiger partial charge in [0.2, 0.25) is 0 Å². The first kappa shape index (κ1) is 19.0. The van der Waals surface area contributed by atoms with Crippen molar-refractivity contribution in [2.75, 3.05) is 19.6 Å². The Morgan fingerprint density at radius 2 is 1.92 bits per heavy atom. The molecule has 1 aromatic heterocycles. The lowest BCUT2D eigenvalue weighted by Gasteiger charge is -2.42. The van der Waals surface area contributed by atoms with Crippen LogP contribution in [0.15, 0.2) is 12.1 Å². The Hall–Kier alpha value is -1.82. The van der Waals surface area contributed by atoms with E-state index in [0.29, 0.717) is 6.42 Å². The van der Waals surface area contributed by atoms with E-state index in [0.717, 1.165) is 37.8 Å². The predicted molar refractivity (Wildman–Crippen MR) is 96.0 cm³/mol. The Morgan fingerprint density at radius 1 is 1.15 bits per heavy atom. The number of aryl methyl sites for hydroxylation is 3. The van der Waals surface area contributed by atoms with Crippen LogP contribution in [-0.2, 0) is 28.9 Å². The van der Waals surface area contributed by atoms with Crippen LogP contribution in [0.5, 0.6) is 0 Å². The molecule has 1 saturated heterocycles. The third kappa shape index (κ3) is 4.67. The lowest BCUT2D eigenvalue weighted by atomic mass is 9.88. The summed E-state index contributed by atoms with van der Waals surface area (Å²) in [6, 6.07) is 4.31. The quantitative estimate of drug-likeness (QED) is 0.684. The van der Waals surface area contributed by atoms with Gasteiger partial charge < -0.3 is 5.11 Å². The van der Waals surface area contributed by atoms with E-state index >= 15 is 0 Å². The fourth-order valence-corrected chi connectivity index (χ4v) is 3.90. The van der Waals surface area contributed by atoms with Gasteiger partial charge in [-0.25, -0.2) is 4.39 Å². The third-order valence-electron chi connectivity index (χ3n) is 5.38. The number of aromatic nitrogens is 1. The van der Waals surface area contributed by atoms with Crippen molar-refractivity contribution < 1.29 is 19.1 Å². The van der Waals surface area contributed by atoms with Crippen molar-refractivity contribution in [1.82, 2.24) is 9.88 Å². The molecule has 0 unspecified atom stereocenters. The van der Waals surface area contributed by atoms with Crippen molar-refractivity contribution in [2.24, 2.45) is 0 Å². The summed E-state index contributed by atoms with van der Waals surface area (Å²) >= 11 is 0. The van der Waals surface area contributed by atoms with Crippen molar-refractivity contribution in [1.29, 1.82) is 0 Å². The van der Waals surface area contributed by atoms with Crippen molar-refractivity contribution in [2.45, 2.75) is 63.5 Å². The summed E-state index contributed by atoms with van der Waals surface area (Å²) < 4.78 is 14.3. The number of aliphatic carboxylic acids is 1. The summed E-state index contributed by atoms with van der Waals surface area (Å²) in [4.78, 5) is 28.8. The molecule has 3 rings (SSSR count). The van der Waals surface area contributed by atoms with Gasteiger partial charge in [0.1, 0.15) is 0 Å². The van der Waals surface area contributed by atoms with Crippen molar-refractivity contribution >= 4 is 11.8 Å². The molecule has 142 valence electrons. The zero-order valence-corrected chi connectivity index (χ0v) is 15.2. The number of carbonyl (C=O) groups is 2. The molecule has 26 heavy (non-hydrogen) atoms. The Morgan fingerprint density at radius 3 is 2.69 bits per heavy atom. The number of nitrogens with zero attached hydrogens (tertiary/aromatic N) is 2. The van der Waals surface area contributed by atoms with Gasteiger partial charge in [0, 0.05) is 30.9 Å². The molecule has 0 aromatic carbocycles. The SMILES string of the molecule is O=C(O)CN1CC(F)(C(=O)CCCCCc2ccc3c(n2)CCCC3)C1. The molecule has 1 aliphatic carbocycles. The van der Waals surface area contributed by atoms with E-state index in [4.69, 9.17) is 10.1 Å². The molecular weight excluding hydrogens is 335 g/mol. The van der Waals surface area contributed by atoms with Gasteiger partial charge in [-0.15, -0.1) is 0 Å². The number of carbonyl (C=O) groups excluding carboxylic acids is 1. The molecule has 0 radical (unpaired) electrons. The van der Waals surface area contributed by atoms with Crippen molar-refractivity contribution in [3.8, 4) is 0 Å². The van der Waals surface area contributed by atoms with E-state index in [2.05, 4.69) is 12.1 Å². The minimum absolute atomic E-state index is 0.0861. The van der Waals surface area contributed by atoms with Gasteiger partial charge in [-0.3, -0.25) is 19.5 Å². The van der Waals surface area contributed by atoms with Gasteiger partial charge >= 0.3 is 5.97 Å². The third-order valence-corrected chi connectivity index (χ3v) is 5.38. The van der Waals surface area contributed by atoms with E-state index in [1.165, 1.54) is 29.0 Å². The lowest BCUT2D eigenvalue weighted by Crippen LogP contribution is -2.64. The van der Waals surface area contributed by atoms with Gasteiger partial charge in [0.15, 0.2) is 11.5 Å². The highest BCUT2D eigenvalue weighted by atomic mass is 19.1. The van der Waals surface area contributed by atoms with Crippen molar-refractivity contribution in [3.05, 3.63) is 29.1 Å². The van der Waals surface area contributed by atoms with E-state index in [9.17, 15) is 14.0 Å². The highest BCUT2D eigenvalue weighted by Gasteiger charge is 2.49. The van der Waals surface area contributed by atoms with E-state index in [1.807, 2.05) is 0 Å². The topological polar surface area (TPSA) is 70.5 Å². The molecule has 0 amide bonds. The predicted octanol–water partition coefficient (Wildman–Crippen LogP) is 2.74. The number of unbranched alkanes of at least 4 members (excludes halogenated alkanes) is 2. The number of alkyl halides is 1. The first-order valence-electron chi connectivity index (χ1n) is 9.60. The molecule has 2 aliphatic rings. The Bertz CT molecular complexity index is 671. The van der Waals surface area contributed by atoms with Gasteiger partial charge in [0.25, 0.3) is 0 Å². The second kappa shape index (κ2) is 8.25. The number of pyridine rings is 1. The van der Waals surface area contributed by atoms with Crippen LogP contribution in [0.1, 0.15) is 55.5 Å². The molecule has 0 bridgehead atoms. The summed E-state index contributed by atoms with van der Waals surface area (Å²) in [5.74, 6) is -1.37. The number of halogens is 1. The molecule has 5 nitrogen and oxygen atoms in total. The molecule has 0 spiro atoms. The van der Waals surface area contributed by atoms with E-state index in [1.54, 1.807) is 0 Å². The highest BCUT2D eigenvalue weighted by Crippen LogP contribution is 2.28. The van der Waals surface area contributed by atoms with Crippen LogP contribution < -0.4 is 0 Å². The van der Waals surface area contributed by atoms with E-state index in [-0.39, 0.29) is 31.8 Å². The normalized spacial score (nSPS) is 18.8. The summed E-state index contributed by atoms with van der Waals surface area (Å²) in [5, 5.41) is 8.66. The molecule has 0 saturated carbocycles. The minimum Gasteiger partial charge on any atom is -0.480 e. The van der Waals surface area contributed by atoms with Crippen LogP contribution in [-0.4, -0.2) is 52.0 Å². The second-order valence-corrected chi connectivity index (χ2v) is 7.60. The first-order valence-corrected chi connectivity index (χ1v) is 9.60. The summed E-state index contributed by atoms with van der Waals surface area (Å²) in [6.07, 6.45) is 8.32. The Labute approximate surface area is 153 Å². The summed E-state index contributed by atoms with van der Waals surface area (Å²) in [6.45, 7) is -0.374. The second-order valence-electron chi connectivity index (χ2n) is 7.60. The molecule has 0 atom stereocenters. The Kier molecular flexibility index (Phi) is 6.01. The van der Waals surface area contributed by atoms with Gasteiger partial charge in [-0.1, -0.05) is 12.5 Å². The molecule has 1 aliphatic heterocycles. The highest BCUT2D eigenvalue weighted by molar-refractivity contribution is 5.89. The van der Waals surface area contributed by atoms with Crippen LogP contribution >= 0.6 is 0 Å². The van der Waals surface area contributed by atoms with Crippen LogP contribution in [0, 0.1) is 0 Å². The number of carboxylic acid groups (broad SMARTS) is 1. The monoisotopic (exact) mass is 362 g/mol. The molecule has 1 aromatic rings. The number of Topliss-reactive ketones (excluding diaryl/α,β-unsaturated/α-hetero) is 1. The fourth-order valence-electron chi connectivity index (χ4n) is 3.90. The first-order chi connectivity index (χ1) is 12.5. The smallest absolute Gasteiger partial charge is 0.317 e. The number of ketones is 1. The molecular formula is C20H27FN2O3. The maximum absolute atomic E-state index is 14.3. The van der Waals surface area contributed by atoms with Crippen LogP contribution in [0.3, 0.4) is 0 Å². The zero-order chi connectivity index (χ0) is 18.6. The number of hydrogen-bond acceptors (Lipinski definition) is 4. The van der Waals surface area contributed by atoms with Crippen LogP contribution in [0.25, 0.3) is 0 Å². The van der Waals surface area contributed by atoms with Gasteiger partial charge in [-0.2, -0.15) is 0 Å². The van der Waals surface area contributed by atoms with E-state index < -0.39 is 11.6 Å². The number of rotatable bonds is 9. The number of fused-ring (bicyclic) bond motifs is 1. The van der Waals surface area contributed by atoms with Gasteiger partial charge in [0.05, 0.1) is 6.54 Å². The fraction of sp³-hybridized carbons (Fsp3) is 0.650. The Balaban J connectivity index is 1.33. The van der Waals surface area contributed by atoms with Crippen molar-refractivity contribution in [3.63, 3.8) is 0 Å². The lowest BCUT2D eigenvalue weighted by molar-refractivity contribution is -0.151. The number of hydrogen-bond donors (Lipinski definition) is 1. The molecule has 1 N–H and O–H groups in total. The molecule has 6 heteroatoms. The zero-order valence-electron chi connectivity index (χ0n) is 15.2. The van der Waals surface area contributed by atoms with Crippen LogP contribution in [0.4, 0.5) is 4.39 Å². The average molecular weight is 362 g/mol. The molecule has 2 heterocycles. The minimum atomic E-state index is -1.84. The average Bonchev–Trinajstić information content (AvgIpc) is 2.59. The molecule has 1 fully saturated rings. The largest absolute Gasteiger partial charge is 0.480 e. The standard InChI is InChI=1S/C20H27FN2O3/c21-20(13-23(14-20)12-19(25)26)18(24)9-3-1-2-7-16-11-10-15-6-4-5-8-17(15)22-16/h10-11H,1-9,12-14H2,(H,25,26).